The number of hydrogen-bond donors (Lipinski definition) is 2. The van der Waals surface area contributed by atoms with Gasteiger partial charge in [0.15, 0.2) is 5.78 Å². The molecule has 0 bridgehead atoms. The summed E-state index contributed by atoms with van der Waals surface area (Å²) in [6.07, 6.45) is 0. The summed E-state index contributed by atoms with van der Waals surface area (Å²) in [6, 6.07) is 12.7. The minimum Gasteiger partial charge on any atom is -0.392 e. The number of nitrogens with one attached hydrogen (secondary N) is 1. The predicted octanol–water partition coefficient (Wildman–Crippen LogP) is 5.43. The van der Waals surface area contributed by atoms with Crippen molar-refractivity contribution >= 4 is 66.8 Å². The van der Waals surface area contributed by atoms with Gasteiger partial charge < -0.3 is 15.2 Å². The summed E-state index contributed by atoms with van der Waals surface area (Å²) in [7, 11) is 1.62. The quantitative estimate of drug-likeness (QED) is 0.335. The molecule has 2 heterocycles. The van der Waals surface area contributed by atoms with Crippen molar-refractivity contribution in [1.29, 1.82) is 0 Å². The number of benzene rings is 2. The summed E-state index contributed by atoms with van der Waals surface area (Å²) in [4.78, 5) is 30.3. The van der Waals surface area contributed by atoms with Crippen LogP contribution in [-0.4, -0.2) is 28.9 Å². The van der Waals surface area contributed by atoms with E-state index < -0.39 is 0 Å². The highest BCUT2D eigenvalue weighted by Crippen LogP contribution is 2.37. The number of aliphatic hydroxyl groups excluding tert-OH is 1. The van der Waals surface area contributed by atoms with Gasteiger partial charge in [0.25, 0.3) is 5.91 Å². The molecule has 0 saturated heterocycles. The largest absolute Gasteiger partial charge is 0.392 e. The summed E-state index contributed by atoms with van der Waals surface area (Å²) in [5.41, 5.74) is 3.83. The van der Waals surface area contributed by atoms with E-state index in [9.17, 15) is 14.7 Å². The molecule has 6 nitrogen and oxygen atoms in total. The fraction of sp³-hybridized carbons (Fsp3) is 0.208. The Morgan fingerprint density at radius 1 is 1.12 bits per heavy atom. The van der Waals surface area contributed by atoms with Gasteiger partial charge in [-0.3, -0.25) is 9.59 Å². The van der Waals surface area contributed by atoms with Gasteiger partial charge in [0.05, 0.1) is 23.6 Å². The van der Waals surface area contributed by atoms with Crippen LogP contribution in [0.15, 0.2) is 42.5 Å². The first kappa shape index (κ1) is 24.0. The molecular weight excluding hydrogens is 492 g/mol. The molecule has 2 aromatic carbocycles. The third kappa shape index (κ3) is 4.31. The number of amides is 1. The highest BCUT2D eigenvalue weighted by atomic mass is 79.9. The topological polar surface area (TPSA) is 88.5 Å². The Labute approximate surface area is 200 Å². The number of halogens is 1. The maximum atomic E-state index is 13.1. The van der Waals surface area contributed by atoms with E-state index in [0.29, 0.717) is 28.4 Å². The Hall–Kier alpha value is -2.65. The van der Waals surface area contributed by atoms with E-state index in [1.807, 2.05) is 37.3 Å². The van der Waals surface area contributed by atoms with Gasteiger partial charge in [0, 0.05) is 28.1 Å². The maximum absolute atomic E-state index is 13.1. The molecule has 166 valence electrons. The number of rotatable bonds is 6. The third-order valence-corrected chi connectivity index (χ3v) is 6.61. The van der Waals surface area contributed by atoms with Crippen molar-refractivity contribution in [3.05, 3.63) is 69.6 Å². The number of ketones is 1. The number of pyridine rings is 1. The summed E-state index contributed by atoms with van der Waals surface area (Å²) >= 11 is 1.31. The average Bonchev–Trinajstić information content (AvgIpc) is 3.11. The number of Topliss-reactive ketones (excluding diaryl/α,β-unsaturated/α-hetero) is 1. The van der Waals surface area contributed by atoms with Gasteiger partial charge in [-0.2, -0.15) is 0 Å². The van der Waals surface area contributed by atoms with Gasteiger partial charge in [-0.1, -0.05) is 18.2 Å². The van der Waals surface area contributed by atoms with Crippen LogP contribution in [0.1, 0.15) is 43.6 Å². The average molecular weight is 515 g/mol. The SMILES string of the molecule is Br.COCc1ccc(C(C)=O)c2sc(C(=O)Nc3ccc4c(CO)cccc4n3)c(C)c12. The molecule has 2 aromatic heterocycles. The number of hydrogen-bond acceptors (Lipinski definition) is 6. The van der Waals surface area contributed by atoms with Crippen molar-refractivity contribution < 1.29 is 19.4 Å². The van der Waals surface area contributed by atoms with Crippen LogP contribution in [-0.2, 0) is 18.0 Å². The Kier molecular flexibility index (Phi) is 7.40. The number of methoxy groups -OCH3 is 1. The van der Waals surface area contributed by atoms with Gasteiger partial charge in [0.1, 0.15) is 5.82 Å². The van der Waals surface area contributed by atoms with Crippen LogP contribution in [0.4, 0.5) is 5.82 Å². The third-order valence-electron chi connectivity index (χ3n) is 5.28. The highest BCUT2D eigenvalue weighted by Gasteiger charge is 2.21. The fourth-order valence-corrected chi connectivity index (χ4v) is 5.11. The number of carbonyl (C=O) groups excluding carboxylic acids is 2. The zero-order valence-electron chi connectivity index (χ0n) is 17.9. The van der Waals surface area contributed by atoms with E-state index in [-0.39, 0.29) is 35.3 Å². The molecule has 0 aliphatic rings. The van der Waals surface area contributed by atoms with Crippen LogP contribution in [0, 0.1) is 6.92 Å². The second-order valence-electron chi connectivity index (χ2n) is 7.31. The lowest BCUT2D eigenvalue weighted by molar-refractivity contribution is 0.101. The number of ether oxygens (including phenoxy) is 1. The van der Waals surface area contributed by atoms with Crippen LogP contribution in [0.25, 0.3) is 21.0 Å². The zero-order chi connectivity index (χ0) is 22.1. The number of thiophene rings is 1. The zero-order valence-corrected chi connectivity index (χ0v) is 20.4. The number of aliphatic hydroxyl groups is 1. The van der Waals surface area contributed by atoms with Gasteiger partial charge in [-0.25, -0.2) is 4.98 Å². The van der Waals surface area contributed by atoms with Crippen LogP contribution in [0.2, 0.25) is 0 Å². The summed E-state index contributed by atoms with van der Waals surface area (Å²) < 4.78 is 6.10. The number of aryl methyl sites for hydroxylation is 1. The normalized spacial score (nSPS) is 10.9. The van der Waals surface area contributed by atoms with Crippen LogP contribution in [0.3, 0.4) is 0 Å². The van der Waals surface area contributed by atoms with Crippen molar-refractivity contribution in [3.8, 4) is 0 Å². The van der Waals surface area contributed by atoms with Crippen molar-refractivity contribution in [2.24, 2.45) is 0 Å². The second-order valence-corrected chi connectivity index (χ2v) is 8.33. The van der Waals surface area contributed by atoms with E-state index in [1.165, 1.54) is 18.3 Å². The van der Waals surface area contributed by atoms with Crippen molar-refractivity contribution in [2.45, 2.75) is 27.1 Å². The van der Waals surface area contributed by atoms with Gasteiger partial charge >= 0.3 is 0 Å². The lowest BCUT2D eigenvalue weighted by Crippen LogP contribution is -2.12. The molecule has 0 saturated carbocycles. The van der Waals surface area contributed by atoms with Gasteiger partial charge in [-0.05, 0) is 54.8 Å². The van der Waals surface area contributed by atoms with Crippen LogP contribution >= 0.6 is 28.3 Å². The number of nitrogens with zero attached hydrogens (tertiary/aromatic N) is 1. The first-order chi connectivity index (χ1) is 14.9. The monoisotopic (exact) mass is 514 g/mol. The smallest absolute Gasteiger partial charge is 0.267 e. The summed E-state index contributed by atoms with van der Waals surface area (Å²) in [5.74, 6) is 0.105. The molecule has 32 heavy (non-hydrogen) atoms. The molecule has 8 heteroatoms. The number of fused-ring (bicyclic) bond motifs is 2. The van der Waals surface area contributed by atoms with E-state index >= 15 is 0 Å². The maximum Gasteiger partial charge on any atom is 0.267 e. The Bertz CT molecular complexity index is 1330. The minimum atomic E-state index is -0.276. The molecule has 4 aromatic rings. The van der Waals surface area contributed by atoms with E-state index in [2.05, 4.69) is 10.3 Å². The Balaban J connectivity index is 0.00000289. The Morgan fingerprint density at radius 3 is 2.59 bits per heavy atom. The first-order valence-electron chi connectivity index (χ1n) is 9.80. The molecule has 0 unspecified atom stereocenters. The standard InChI is InChI=1S/C24H22N2O4S.BrH/c1-13-21-16(12-30-3)7-8-17(14(2)28)23(21)31-22(13)24(29)26-20-10-9-18-15(11-27)5-4-6-19(18)25-20;/h4-10,27H,11-12H2,1-3H3,(H,25,26,29);1H. The predicted molar refractivity (Wildman–Crippen MR) is 133 cm³/mol. The van der Waals surface area contributed by atoms with Crippen molar-refractivity contribution in [2.75, 3.05) is 12.4 Å². The number of anilines is 1. The minimum absolute atomic E-state index is 0. The lowest BCUT2D eigenvalue weighted by Gasteiger charge is -2.08. The summed E-state index contributed by atoms with van der Waals surface area (Å²) in [5, 5.41) is 14.1. The molecule has 1 amide bonds. The number of carbonyl (C=O) groups is 2. The molecule has 0 atom stereocenters. The molecular formula is C24H23BrN2O4S. The molecule has 0 radical (unpaired) electrons. The summed E-state index contributed by atoms with van der Waals surface area (Å²) in [6.45, 7) is 3.73. The molecule has 2 N–H and O–H groups in total. The van der Waals surface area contributed by atoms with E-state index in [4.69, 9.17) is 4.74 Å². The van der Waals surface area contributed by atoms with Crippen molar-refractivity contribution in [3.63, 3.8) is 0 Å². The lowest BCUT2D eigenvalue weighted by atomic mass is 10.0. The molecule has 0 aliphatic carbocycles. The molecule has 4 rings (SSSR count). The van der Waals surface area contributed by atoms with Crippen molar-refractivity contribution in [1.82, 2.24) is 4.98 Å². The van der Waals surface area contributed by atoms with Gasteiger partial charge in [0.2, 0.25) is 0 Å². The number of aromatic nitrogens is 1. The molecule has 0 fully saturated rings. The van der Waals surface area contributed by atoms with Crippen LogP contribution in [0.5, 0.6) is 0 Å². The van der Waals surface area contributed by atoms with E-state index in [1.54, 1.807) is 19.2 Å². The second kappa shape index (κ2) is 9.87. The fourth-order valence-electron chi connectivity index (χ4n) is 3.80. The Morgan fingerprint density at radius 2 is 1.91 bits per heavy atom. The van der Waals surface area contributed by atoms with Gasteiger partial charge in [-0.15, -0.1) is 28.3 Å². The molecule has 0 spiro atoms. The first-order valence-corrected chi connectivity index (χ1v) is 10.6. The van der Waals surface area contributed by atoms with Crippen LogP contribution < -0.4 is 5.32 Å². The highest BCUT2D eigenvalue weighted by molar-refractivity contribution is 8.93. The molecule has 0 aliphatic heterocycles. The van der Waals surface area contributed by atoms with E-state index in [0.717, 1.165) is 32.2 Å².